The molecule has 0 heterocycles. The van der Waals surface area contributed by atoms with Crippen molar-refractivity contribution in [3.63, 3.8) is 0 Å². The van der Waals surface area contributed by atoms with Gasteiger partial charge in [0.1, 0.15) is 11.6 Å². The molecule has 1 fully saturated rings. The minimum absolute atomic E-state index is 0.671. The quantitative estimate of drug-likeness (QED) is 0.557. The first-order valence-corrected chi connectivity index (χ1v) is 7.30. The van der Waals surface area contributed by atoms with E-state index in [0.29, 0.717) is 0 Å². The lowest BCUT2D eigenvalue weighted by Crippen LogP contribution is -2.46. The molecule has 1 saturated carbocycles. The van der Waals surface area contributed by atoms with Crippen molar-refractivity contribution in [2.45, 2.75) is 32.4 Å². The van der Waals surface area contributed by atoms with Crippen LogP contribution in [0.25, 0.3) is 0 Å². The summed E-state index contributed by atoms with van der Waals surface area (Å²) in [7, 11) is 3.47. The van der Waals surface area contributed by atoms with Gasteiger partial charge in [-0.3, -0.25) is 9.59 Å². The molecule has 1 N–H and O–H groups in total. The third kappa shape index (κ3) is 4.59. The van der Waals surface area contributed by atoms with E-state index in [1.54, 1.807) is 20.8 Å². The summed E-state index contributed by atoms with van der Waals surface area (Å²) in [6.07, 6.45) is -0.864. The molecule has 0 bridgehead atoms. The highest BCUT2D eigenvalue weighted by Crippen LogP contribution is 2.50. The van der Waals surface area contributed by atoms with Gasteiger partial charge in [-0.1, -0.05) is 0 Å². The molecule has 0 aliphatic heterocycles. The van der Waals surface area contributed by atoms with Crippen LogP contribution < -0.4 is 5.32 Å². The molecule has 0 aromatic carbocycles. The predicted molar refractivity (Wildman–Crippen MR) is 79.7 cm³/mol. The maximum atomic E-state index is 12.0. The number of ether oxygens (including phenoxy) is 4. The molecular formula is C15H23NO8. The Kier molecular flexibility index (Phi) is 6.16. The van der Waals surface area contributed by atoms with Crippen molar-refractivity contribution in [3.8, 4) is 0 Å². The third-order valence-corrected chi connectivity index (χ3v) is 3.53. The molecule has 0 radical (unpaired) electrons. The van der Waals surface area contributed by atoms with Crippen LogP contribution >= 0.6 is 0 Å². The maximum Gasteiger partial charge on any atom is 0.408 e. The van der Waals surface area contributed by atoms with E-state index >= 15 is 0 Å². The smallest absolute Gasteiger partial charge is 0.408 e. The van der Waals surface area contributed by atoms with E-state index in [-0.39, 0.29) is 0 Å². The lowest BCUT2D eigenvalue weighted by atomic mass is 10.1. The van der Waals surface area contributed by atoms with E-state index < -0.39 is 53.4 Å². The molecule has 1 aliphatic carbocycles. The first kappa shape index (κ1) is 19.7. The lowest BCUT2D eigenvalue weighted by Gasteiger charge is -2.22. The summed E-state index contributed by atoms with van der Waals surface area (Å²) in [5.74, 6) is -4.77. The monoisotopic (exact) mass is 345 g/mol. The van der Waals surface area contributed by atoms with E-state index in [4.69, 9.17) is 4.74 Å². The molecule has 4 atom stereocenters. The van der Waals surface area contributed by atoms with Crippen LogP contribution in [0.4, 0.5) is 4.79 Å². The highest BCUT2D eigenvalue weighted by molar-refractivity contribution is 5.92. The van der Waals surface area contributed by atoms with Gasteiger partial charge in [0.05, 0.1) is 33.2 Å². The van der Waals surface area contributed by atoms with E-state index in [1.807, 2.05) is 0 Å². The number of rotatable bonds is 5. The van der Waals surface area contributed by atoms with Gasteiger partial charge in [-0.15, -0.1) is 0 Å². The second-order valence-corrected chi connectivity index (χ2v) is 6.32. The largest absolute Gasteiger partial charge is 0.469 e. The first-order valence-electron chi connectivity index (χ1n) is 7.30. The molecule has 1 aliphatic rings. The zero-order chi connectivity index (χ0) is 18.7. The Balaban J connectivity index is 2.98. The van der Waals surface area contributed by atoms with Crippen LogP contribution in [-0.4, -0.2) is 57.0 Å². The van der Waals surface area contributed by atoms with E-state index in [2.05, 4.69) is 19.5 Å². The van der Waals surface area contributed by atoms with Crippen molar-refractivity contribution in [3.05, 3.63) is 0 Å². The molecular weight excluding hydrogens is 322 g/mol. The zero-order valence-electron chi connectivity index (χ0n) is 14.6. The van der Waals surface area contributed by atoms with Crippen molar-refractivity contribution in [1.29, 1.82) is 0 Å². The number of carbonyl (C=O) groups excluding carboxylic acids is 4. The van der Waals surface area contributed by atoms with Crippen molar-refractivity contribution >= 4 is 24.0 Å². The van der Waals surface area contributed by atoms with Crippen LogP contribution in [0.15, 0.2) is 0 Å². The van der Waals surface area contributed by atoms with Crippen molar-refractivity contribution in [2.75, 3.05) is 21.3 Å². The number of hydrogen-bond acceptors (Lipinski definition) is 8. The molecule has 0 spiro atoms. The van der Waals surface area contributed by atoms with Gasteiger partial charge in [-0.05, 0) is 20.8 Å². The number of nitrogens with one attached hydrogen (secondary N) is 1. The average molecular weight is 345 g/mol. The summed E-state index contributed by atoms with van der Waals surface area (Å²) in [6, 6.07) is -1.24. The summed E-state index contributed by atoms with van der Waals surface area (Å²) < 4.78 is 19.0. The van der Waals surface area contributed by atoms with Gasteiger partial charge in [0.15, 0.2) is 0 Å². The first-order chi connectivity index (χ1) is 11.1. The standard InChI is InChI=1S/C15H23NO8/c1-15(2,3)24-14(20)16-10(13(19)23-6)7-8(11(17)21-4)9(7)12(18)22-5/h7-10H,1-6H3,(H,16,20)/t7?,8-,9?,10+/m1/s1. The van der Waals surface area contributed by atoms with Crippen molar-refractivity contribution < 1.29 is 38.1 Å². The topological polar surface area (TPSA) is 117 Å². The molecule has 9 nitrogen and oxygen atoms in total. The van der Waals surface area contributed by atoms with Gasteiger partial charge < -0.3 is 24.3 Å². The summed E-state index contributed by atoms with van der Waals surface area (Å²) >= 11 is 0. The Morgan fingerprint density at radius 2 is 1.33 bits per heavy atom. The Morgan fingerprint density at radius 3 is 1.67 bits per heavy atom. The van der Waals surface area contributed by atoms with E-state index in [9.17, 15) is 19.2 Å². The molecule has 1 rings (SSSR count). The zero-order valence-corrected chi connectivity index (χ0v) is 14.6. The van der Waals surface area contributed by atoms with Crippen molar-refractivity contribution in [1.82, 2.24) is 5.32 Å². The van der Waals surface area contributed by atoms with Crippen LogP contribution in [0.2, 0.25) is 0 Å². The number of hydrogen-bond donors (Lipinski definition) is 1. The summed E-state index contributed by atoms with van der Waals surface area (Å²) in [4.78, 5) is 47.6. The predicted octanol–water partition coefficient (Wildman–Crippen LogP) is 0.261. The molecule has 2 unspecified atom stereocenters. The van der Waals surface area contributed by atoms with E-state index in [1.165, 1.54) is 14.2 Å². The van der Waals surface area contributed by atoms with Gasteiger partial charge in [-0.2, -0.15) is 0 Å². The van der Waals surface area contributed by atoms with Crippen LogP contribution in [-0.2, 0) is 33.3 Å². The Labute approximate surface area is 139 Å². The fourth-order valence-corrected chi connectivity index (χ4v) is 2.50. The fourth-order valence-electron chi connectivity index (χ4n) is 2.50. The van der Waals surface area contributed by atoms with Gasteiger partial charge in [0, 0.05) is 5.92 Å². The third-order valence-electron chi connectivity index (χ3n) is 3.53. The maximum absolute atomic E-state index is 12.0. The van der Waals surface area contributed by atoms with Gasteiger partial charge in [-0.25, -0.2) is 9.59 Å². The van der Waals surface area contributed by atoms with Crippen LogP contribution in [0.3, 0.4) is 0 Å². The number of methoxy groups -OCH3 is 3. The number of amides is 1. The highest BCUT2D eigenvalue weighted by Gasteiger charge is 2.65. The van der Waals surface area contributed by atoms with Gasteiger partial charge >= 0.3 is 24.0 Å². The molecule has 1 amide bonds. The SMILES string of the molecule is COC(=O)C1C([C@H](NC(=O)OC(C)(C)C)C(=O)OC)[C@H]1C(=O)OC. The van der Waals surface area contributed by atoms with Gasteiger partial charge in [0.2, 0.25) is 0 Å². The number of esters is 3. The summed E-state index contributed by atoms with van der Waals surface area (Å²) in [5.41, 5.74) is -0.780. The van der Waals surface area contributed by atoms with Gasteiger partial charge in [0.25, 0.3) is 0 Å². The molecule has 0 aromatic heterocycles. The summed E-state index contributed by atoms with van der Waals surface area (Å²) in [5, 5.41) is 2.35. The van der Waals surface area contributed by atoms with Crippen LogP contribution in [0, 0.1) is 17.8 Å². The molecule has 136 valence electrons. The normalized spacial score (nSPS) is 23.5. The molecule has 0 aromatic rings. The average Bonchev–Trinajstić information content (AvgIpc) is 3.23. The second kappa shape index (κ2) is 7.50. The lowest BCUT2D eigenvalue weighted by molar-refractivity contribution is -0.148. The Bertz CT molecular complexity index is 502. The molecule has 0 saturated heterocycles. The fraction of sp³-hybridized carbons (Fsp3) is 0.733. The number of alkyl carbamates (subject to hydrolysis) is 1. The Hall–Kier alpha value is -2.32. The minimum atomic E-state index is -1.24. The van der Waals surface area contributed by atoms with E-state index in [0.717, 1.165) is 7.11 Å². The Morgan fingerprint density at radius 1 is 0.875 bits per heavy atom. The highest BCUT2D eigenvalue weighted by atomic mass is 16.6. The number of carbonyl (C=O) groups is 4. The van der Waals surface area contributed by atoms with Crippen LogP contribution in [0.5, 0.6) is 0 Å². The van der Waals surface area contributed by atoms with Crippen molar-refractivity contribution in [2.24, 2.45) is 17.8 Å². The summed E-state index contributed by atoms with van der Waals surface area (Å²) in [6.45, 7) is 4.97. The van der Waals surface area contributed by atoms with Crippen LogP contribution in [0.1, 0.15) is 20.8 Å². The second-order valence-electron chi connectivity index (χ2n) is 6.32. The molecule has 9 heteroatoms. The molecule has 24 heavy (non-hydrogen) atoms. The minimum Gasteiger partial charge on any atom is -0.469 e.